The maximum absolute atomic E-state index is 11.4. The molecule has 0 heterocycles. The molecule has 4 heteroatoms. The predicted molar refractivity (Wildman–Crippen MR) is 86.9 cm³/mol. The highest BCUT2D eigenvalue weighted by atomic mass is 16.6. The minimum Gasteiger partial charge on any atom is -0.482 e. The maximum Gasteiger partial charge on any atom is 0.344 e. The lowest BCUT2D eigenvalue weighted by atomic mass is 10.2. The second kappa shape index (κ2) is 7.98. The molecule has 0 aliphatic rings. The average molecular weight is 297 g/mol. The van der Waals surface area contributed by atoms with Crippen LogP contribution in [0.2, 0.25) is 0 Å². The van der Waals surface area contributed by atoms with Crippen molar-refractivity contribution in [2.75, 3.05) is 6.61 Å². The molecule has 0 aliphatic heterocycles. The first-order valence-electron chi connectivity index (χ1n) is 7.15. The number of esters is 1. The molecule has 0 aliphatic carbocycles. The Morgan fingerprint density at radius 1 is 1.09 bits per heavy atom. The maximum atomic E-state index is 11.4. The number of carbonyl (C=O) groups excluding carboxylic acids is 1. The minimum atomic E-state index is -0.371. The second-order valence-corrected chi connectivity index (χ2v) is 4.99. The number of benzene rings is 2. The summed E-state index contributed by atoms with van der Waals surface area (Å²) in [5, 5.41) is 0. The molecule has 0 spiro atoms. The third-order valence-corrected chi connectivity index (χ3v) is 2.72. The van der Waals surface area contributed by atoms with Gasteiger partial charge in [-0.2, -0.15) is 0 Å². The highest BCUT2D eigenvalue weighted by Crippen LogP contribution is 2.13. The van der Waals surface area contributed by atoms with Crippen LogP contribution >= 0.6 is 0 Å². The van der Waals surface area contributed by atoms with E-state index in [1.165, 1.54) is 0 Å². The Balaban J connectivity index is 1.88. The molecule has 2 rings (SSSR count). The lowest BCUT2D eigenvalue weighted by Crippen LogP contribution is -2.18. The second-order valence-electron chi connectivity index (χ2n) is 4.99. The van der Waals surface area contributed by atoms with Crippen molar-refractivity contribution in [2.45, 2.75) is 20.0 Å². The molecule has 114 valence electrons. The van der Waals surface area contributed by atoms with Gasteiger partial charge in [-0.25, -0.2) is 4.79 Å². The topological polar surface area (TPSA) is 47.9 Å². The van der Waals surface area contributed by atoms with Gasteiger partial charge in [0.05, 0.1) is 11.8 Å². The zero-order valence-corrected chi connectivity index (χ0v) is 12.7. The van der Waals surface area contributed by atoms with Crippen LogP contribution in [-0.2, 0) is 9.53 Å². The summed E-state index contributed by atoms with van der Waals surface area (Å²) in [6.07, 6.45) is 1.65. The number of hydrogen-bond donors (Lipinski definition) is 0. The normalized spacial score (nSPS) is 10.9. The lowest BCUT2D eigenvalue weighted by Gasteiger charge is -2.09. The standard InChI is InChI=1S/C18H19NO3/c1-14(2)22-18(20)13-21-17-10-8-15(9-11-17)12-19-16-6-4-3-5-7-16/h3-12,14H,13H2,1-2H3. The van der Waals surface area contributed by atoms with E-state index in [0.717, 1.165) is 11.3 Å². The van der Waals surface area contributed by atoms with E-state index >= 15 is 0 Å². The number of hydrogen-bond acceptors (Lipinski definition) is 4. The first-order chi connectivity index (χ1) is 10.6. The van der Waals surface area contributed by atoms with Crippen LogP contribution in [-0.4, -0.2) is 24.9 Å². The SMILES string of the molecule is CC(C)OC(=O)COc1ccc(C=Nc2ccccc2)cc1. The van der Waals surface area contributed by atoms with Gasteiger partial charge < -0.3 is 9.47 Å². The van der Waals surface area contributed by atoms with Gasteiger partial charge in [-0.3, -0.25) is 4.99 Å². The molecule has 0 aromatic heterocycles. The molecule has 0 fully saturated rings. The van der Waals surface area contributed by atoms with Crippen LogP contribution < -0.4 is 4.74 Å². The summed E-state index contributed by atoms with van der Waals surface area (Å²) in [5.41, 5.74) is 1.86. The summed E-state index contributed by atoms with van der Waals surface area (Å²) in [4.78, 5) is 15.8. The molecule has 2 aromatic rings. The largest absolute Gasteiger partial charge is 0.482 e. The van der Waals surface area contributed by atoms with Gasteiger partial charge in [-0.05, 0) is 55.8 Å². The molecule has 0 saturated carbocycles. The van der Waals surface area contributed by atoms with Gasteiger partial charge in [0, 0.05) is 6.21 Å². The van der Waals surface area contributed by atoms with Crippen LogP contribution in [0.5, 0.6) is 5.75 Å². The fourth-order valence-electron chi connectivity index (χ4n) is 1.75. The Morgan fingerprint density at radius 3 is 2.41 bits per heavy atom. The van der Waals surface area contributed by atoms with Crippen LogP contribution in [0.1, 0.15) is 19.4 Å². The van der Waals surface area contributed by atoms with E-state index in [-0.39, 0.29) is 18.7 Å². The zero-order chi connectivity index (χ0) is 15.8. The highest BCUT2D eigenvalue weighted by molar-refractivity contribution is 5.82. The van der Waals surface area contributed by atoms with E-state index < -0.39 is 0 Å². The van der Waals surface area contributed by atoms with Gasteiger partial charge in [0.1, 0.15) is 5.75 Å². The minimum absolute atomic E-state index is 0.0877. The first-order valence-corrected chi connectivity index (χ1v) is 7.15. The van der Waals surface area contributed by atoms with E-state index in [4.69, 9.17) is 9.47 Å². The Kier molecular flexibility index (Phi) is 5.72. The predicted octanol–water partition coefficient (Wildman–Crippen LogP) is 3.77. The van der Waals surface area contributed by atoms with Crippen molar-refractivity contribution in [2.24, 2.45) is 4.99 Å². The van der Waals surface area contributed by atoms with Gasteiger partial charge in [0.25, 0.3) is 0 Å². The quantitative estimate of drug-likeness (QED) is 0.602. The van der Waals surface area contributed by atoms with Crippen molar-refractivity contribution in [3.8, 4) is 5.75 Å². The third kappa shape index (κ3) is 5.40. The number of rotatable bonds is 6. The van der Waals surface area contributed by atoms with E-state index in [1.807, 2.05) is 42.5 Å². The molecule has 22 heavy (non-hydrogen) atoms. The molecule has 0 bridgehead atoms. The highest BCUT2D eigenvalue weighted by Gasteiger charge is 2.06. The van der Waals surface area contributed by atoms with Crippen LogP contribution in [0.3, 0.4) is 0 Å². The lowest BCUT2D eigenvalue weighted by molar-refractivity contribution is -0.149. The monoisotopic (exact) mass is 297 g/mol. The number of ether oxygens (including phenoxy) is 2. The van der Waals surface area contributed by atoms with Crippen LogP contribution in [0.15, 0.2) is 59.6 Å². The number of nitrogens with zero attached hydrogens (tertiary/aromatic N) is 1. The number of carbonyl (C=O) groups is 1. The summed E-state index contributed by atoms with van der Waals surface area (Å²) in [7, 11) is 0. The van der Waals surface area contributed by atoms with E-state index in [9.17, 15) is 4.79 Å². The average Bonchev–Trinajstić information content (AvgIpc) is 2.52. The summed E-state index contributed by atoms with van der Waals surface area (Å²) in [6, 6.07) is 17.1. The Morgan fingerprint density at radius 2 is 1.77 bits per heavy atom. The molecule has 0 amide bonds. The van der Waals surface area contributed by atoms with Crippen molar-refractivity contribution in [3.05, 3.63) is 60.2 Å². The van der Waals surface area contributed by atoms with E-state index in [0.29, 0.717) is 5.75 Å². The van der Waals surface area contributed by atoms with Gasteiger partial charge in [-0.1, -0.05) is 18.2 Å². The molecule has 0 N–H and O–H groups in total. The van der Waals surface area contributed by atoms with Crippen molar-refractivity contribution >= 4 is 17.9 Å². The molecular formula is C18H19NO3. The Labute approximate surface area is 130 Å². The van der Waals surface area contributed by atoms with Crippen molar-refractivity contribution < 1.29 is 14.3 Å². The zero-order valence-electron chi connectivity index (χ0n) is 12.7. The summed E-state index contributed by atoms with van der Waals surface area (Å²) in [6.45, 7) is 3.52. The van der Waals surface area contributed by atoms with Crippen molar-refractivity contribution in [1.82, 2.24) is 0 Å². The molecule has 0 saturated heterocycles. The van der Waals surface area contributed by atoms with E-state index in [1.54, 1.807) is 32.2 Å². The van der Waals surface area contributed by atoms with Crippen LogP contribution in [0, 0.1) is 0 Å². The van der Waals surface area contributed by atoms with Crippen LogP contribution in [0.25, 0.3) is 0 Å². The molecule has 0 atom stereocenters. The summed E-state index contributed by atoms with van der Waals surface area (Å²) < 4.78 is 10.4. The Hall–Kier alpha value is -2.62. The van der Waals surface area contributed by atoms with Crippen LogP contribution in [0.4, 0.5) is 5.69 Å². The first kappa shape index (κ1) is 15.8. The van der Waals surface area contributed by atoms with Gasteiger partial charge in [0.2, 0.25) is 0 Å². The fraction of sp³-hybridized carbons (Fsp3) is 0.222. The molecule has 0 radical (unpaired) electrons. The van der Waals surface area contributed by atoms with Crippen molar-refractivity contribution in [3.63, 3.8) is 0 Å². The number of para-hydroxylation sites is 1. The van der Waals surface area contributed by atoms with Gasteiger partial charge in [0.15, 0.2) is 6.61 Å². The molecule has 0 unspecified atom stereocenters. The van der Waals surface area contributed by atoms with E-state index in [2.05, 4.69) is 4.99 Å². The smallest absolute Gasteiger partial charge is 0.344 e. The fourth-order valence-corrected chi connectivity index (χ4v) is 1.75. The summed E-state index contributed by atoms with van der Waals surface area (Å²) in [5.74, 6) is 0.252. The molecular weight excluding hydrogens is 278 g/mol. The molecule has 2 aromatic carbocycles. The molecule has 4 nitrogen and oxygen atoms in total. The third-order valence-electron chi connectivity index (χ3n) is 2.72. The van der Waals surface area contributed by atoms with Gasteiger partial charge in [-0.15, -0.1) is 0 Å². The van der Waals surface area contributed by atoms with Gasteiger partial charge >= 0.3 is 5.97 Å². The van der Waals surface area contributed by atoms with Crippen molar-refractivity contribution in [1.29, 1.82) is 0 Å². The summed E-state index contributed by atoms with van der Waals surface area (Å²) >= 11 is 0. The number of aliphatic imine (C=N–C) groups is 1. The Bertz CT molecular complexity index is 619.